The van der Waals surface area contributed by atoms with Crippen LogP contribution in [-0.4, -0.2) is 17.0 Å². The number of carbonyl (C=O) groups is 2. The Balaban J connectivity index is 2.14. The zero-order valence-corrected chi connectivity index (χ0v) is 12.6. The predicted molar refractivity (Wildman–Crippen MR) is 87.3 cm³/mol. The molecule has 2 N–H and O–H groups in total. The summed E-state index contributed by atoms with van der Waals surface area (Å²) in [5.41, 5.74) is 2.14. The van der Waals surface area contributed by atoms with Crippen molar-refractivity contribution in [2.24, 2.45) is 0 Å². The summed E-state index contributed by atoms with van der Waals surface area (Å²) in [6, 6.07) is 12.0. The molecule has 1 amide bonds. The molecule has 0 saturated carbocycles. The number of hydrogen-bond donors (Lipinski definition) is 2. The SMILES string of the molecule is Cc1cccc(/C=C/C(=O)Nc2ccc(Cl)cc2C(=O)O)c1. The number of nitrogens with one attached hydrogen (secondary N) is 1. The van der Waals surface area contributed by atoms with Crippen molar-refractivity contribution >= 4 is 35.2 Å². The van der Waals surface area contributed by atoms with Gasteiger partial charge in [0.25, 0.3) is 0 Å². The first kappa shape index (κ1) is 15.8. The monoisotopic (exact) mass is 315 g/mol. The van der Waals surface area contributed by atoms with Gasteiger partial charge in [0.15, 0.2) is 0 Å². The molecule has 0 unspecified atom stereocenters. The van der Waals surface area contributed by atoms with Crippen LogP contribution in [-0.2, 0) is 4.79 Å². The second kappa shape index (κ2) is 6.91. The maximum absolute atomic E-state index is 11.9. The van der Waals surface area contributed by atoms with E-state index in [2.05, 4.69) is 5.32 Å². The maximum atomic E-state index is 11.9. The summed E-state index contributed by atoms with van der Waals surface area (Å²) in [7, 11) is 0. The zero-order valence-electron chi connectivity index (χ0n) is 11.8. The number of benzene rings is 2. The van der Waals surface area contributed by atoms with Gasteiger partial charge in [0, 0.05) is 11.1 Å². The Labute approximate surface area is 133 Å². The molecule has 112 valence electrons. The summed E-state index contributed by atoms with van der Waals surface area (Å²) < 4.78 is 0. The first-order chi connectivity index (χ1) is 10.5. The average Bonchev–Trinajstić information content (AvgIpc) is 2.47. The molecule has 0 aromatic heterocycles. The van der Waals surface area contributed by atoms with Crippen LogP contribution in [0, 0.1) is 6.92 Å². The van der Waals surface area contributed by atoms with Crippen LogP contribution in [0.2, 0.25) is 5.02 Å². The number of anilines is 1. The van der Waals surface area contributed by atoms with E-state index in [0.717, 1.165) is 11.1 Å². The van der Waals surface area contributed by atoms with Crippen molar-refractivity contribution in [2.45, 2.75) is 6.92 Å². The van der Waals surface area contributed by atoms with E-state index in [1.54, 1.807) is 6.08 Å². The van der Waals surface area contributed by atoms with Crippen molar-refractivity contribution in [2.75, 3.05) is 5.32 Å². The maximum Gasteiger partial charge on any atom is 0.337 e. The Bertz CT molecular complexity index is 753. The molecule has 2 rings (SSSR count). The van der Waals surface area contributed by atoms with Crippen molar-refractivity contribution in [1.29, 1.82) is 0 Å². The van der Waals surface area contributed by atoms with E-state index < -0.39 is 11.9 Å². The van der Waals surface area contributed by atoms with E-state index in [-0.39, 0.29) is 11.3 Å². The topological polar surface area (TPSA) is 66.4 Å². The average molecular weight is 316 g/mol. The Hall–Kier alpha value is -2.59. The van der Waals surface area contributed by atoms with Crippen LogP contribution in [0.4, 0.5) is 5.69 Å². The van der Waals surface area contributed by atoms with Gasteiger partial charge in [-0.3, -0.25) is 4.79 Å². The van der Waals surface area contributed by atoms with Crippen LogP contribution < -0.4 is 5.32 Å². The third-order valence-electron chi connectivity index (χ3n) is 2.94. The number of rotatable bonds is 4. The number of amides is 1. The molecule has 0 fully saturated rings. The molecular formula is C17H14ClNO3. The van der Waals surface area contributed by atoms with Crippen LogP contribution in [0.25, 0.3) is 6.08 Å². The van der Waals surface area contributed by atoms with E-state index >= 15 is 0 Å². The number of carboxylic acids is 1. The number of halogens is 1. The summed E-state index contributed by atoms with van der Waals surface area (Å²) >= 11 is 5.76. The molecular weight excluding hydrogens is 302 g/mol. The number of carbonyl (C=O) groups excluding carboxylic acids is 1. The predicted octanol–water partition coefficient (Wildman–Crippen LogP) is 4.00. The van der Waals surface area contributed by atoms with Gasteiger partial charge in [-0.2, -0.15) is 0 Å². The molecule has 0 radical (unpaired) electrons. The lowest BCUT2D eigenvalue weighted by Gasteiger charge is -2.07. The van der Waals surface area contributed by atoms with E-state index in [0.29, 0.717) is 5.02 Å². The van der Waals surface area contributed by atoms with Gasteiger partial charge in [-0.15, -0.1) is 0 Å². The normalized spacial score (nSPS) is 10.6. The molecule has 2 aromatic rings. The molecule has 0 aliphatic heterocycles. The molecule has 4 nitrogen and oxygen atoms in total. The lowest BCUT2D eigenvalue weighted by atomic mass is 10.1. The van der Waals surface area contributed by atoms with Crippen molar-refractivity contribution in [3.8, 4) is 0 Å². The number of carboxylic acid groups (broad SMARTS) is 1. The number of hydrogen-bond acceptors (Lipinski definition) is 2. The minimum absolute atomic E-state index is 0.0511. The van der Waals surface area contributed by atoms with E-state index in [9.17, 15) is 9.59 Å². The second-order valence-corrected chi connectivity index (χ2v) is 5.17. The Kier molecular flexibility index (Phi) is 4.96. The Morgan fingerprint density at radius 1 is 1.18 bits per heavy atom. The minimum Gasteiger partial charge on any atom is -0.478 e. The largest absolute Gasteiger partial charge is 0.478 e. The summed E-state index contributed by atoms with van der Waals surface area (Å²) in [6.07, 6.45) is 3.02. The highest BCUT2D eigenvalue weighted by Crippen LogP contribution is 2.20. The lowest BCUT2D eigenvalue weighted by molar-refractivity contribution is -0.111. The van der Waals surface area contributed by atoms with Gasteiger partial charge < -0.3 is 10.4 Å². The van der Waals surface area contributed by atoms with Crippen molar-refractivity contribution in [3.05, 3.63) is 70.3 Å². The smallest absolute Gasteiger partial charge is 0.337 e. The molecule has 0 aliphatic rings. The quantitative estimate of drug-likeness (QED) is 0.838. The van der Waals surface area contributed by atoms with E-state index in [1.807, 2.05) is 31.2 Å². The van der Waals surface area contributed by atoms with Crippen molar-refractivity contribution in [3.63, 3.8) is 0 Å². The van der Waals surface area contributed by atoms with Gasteiger partial charge in [0.1, 0.15) is 0 Å². The van der Waals surface area contributed by atoms with E-state index in [1.165, 1.54) is 24.3 Å². The summed E-state index contributed by atoms with van der Waals surface area (Å²) in [6.45, 7) is 1.96. The summed E-state index contributed by atoms with van der Waals surface area (Å²) in [4.78, 5) is 23.1. The van der Waals surface area contributed by atoms with Crippen molar-refractivity contribution < 1.29 is 14.7 Å². The highest BCUT2D eigenvalue weighted by Gasteiger charge is 2.12. The molecule has 0 heterocycles. The fourth-order valence-corrected chi connectivity index (χ4v) is 2.09. The number of aromatic carboxylic acids is 1. The van der Waals surface area contributed by atoms with Gasteiger partial charge in [-0.1, -0.05) is 41.4 Å². The Morgan fingerprint density at radius 3 is 2.64 bits per heavy atom. The zero-order chi connectivity index (χ0) is 16.1. The molecule has 22 heavy (non-hydrogen) atoms. The van der Waals surface area contributed by atoms with Gasteiger partial charge >= 0.3 is 5.97 Å². The van der Waals surface area contributed by atoms with E-state index in [4.69, 9.17) is 16.7 Å². The van der Waals surface area contributed by atoms with Crippen LogP contribution >= 0.6 is 11.6 Å². The first-order valence-corrected chi connectivity index (χ1v) is 6.92. The van der Waals surface area contributed by atoms with Crippen LogP contribution in [0.5, 0.6) is 0 Å². The first-order valence-electron chi connectivity index (χ1n) is 6.54. The third kappa shape index (κ3) is 4.20. The fourth-order valence-electron chi connectivity index (χ4n) is 1.92. The molecule has 0 bridgehead atoms. The molecule has 0 atom stereocenters. The fraction of sp³-hybridized carbons (Fsp3) is 0.0588. The van der Waals surface area contributed by atoms with Crippen molar-refractivity contribution in [1.82, 2.24) is 0 Å². The molecule has 2 aromatic carbocycles. The van der Waals surface area contributed by atoms with Crippen LogP contribution in [0.15, 0.2) is 48.5 Å². The highest BCUT2D eigenvalue weighted by atomic mass is 35.5. The van der Waals surface area contributed by atoms with Crippen LogP contribution in [0.1, 0.15) is 21.5 Å². The molecule has 0 saturated heterocycles. The molecule has 0 spiro atoms. The molecule has 5 heteroatoms. The minimum atomic E-state index is -1.15. The lowest BCUT2D eigenvalue weighted by Crippen LogP contribution is -2.12. The number of aryl methyl sites for hydroxylation is 1. The second-order valence-electron chi connectivity index (χ2n) is 4.73. The summed E-state index contributed by atoms with van der Waals surface area (Å²) in [5.74, 6) is -1.56. The standard InChI is InChI=1S/C17H14ClNO3/c1-11-3-2-4-12(9-11)5-8-16(20)19-15-7-6-13(18)10-14(15)17(21)22/h2-10H,1H3,(H,19,20)(H,21,22)/b8-5+. The third-order valence-corrected chi connectivity index (χ3v) is 3.17. The van der Waals surface area contributed by atoms with Crippen LogP contribution in [0.3, 0.4) is 0 Å². The molecule has 0 aliphatic carbocycles. The van der Waals surface area contributed by atoms with Gasteiger partial charge in [0.05, 0.1) is 11.3 Å². The highest BCUT2D eigenvalue weighted by molar-refractivity contribution is 6.31. The van der Waals surface area contributed by atoms with Gasteiger partial charge in [0.2, 0.25) is 5.91 Å². The summed E-state index contributed by atoms with van der Waals surface area (Å²) in [5, 5.41) is 11.9. The van der Waals surface area contributed by atoms with Gasteiger partial charge in [-0.05, 0) is 36.8 Å². The van der Waals surface area contributed by atoms with Gasteiger partial charge in [-0.25, -0.2) is 4.79 Å². The Morgan fingerprint density at radius 2 is 1.95 bits per heavy atom.